The van der Waals surface area contributed by atoms with E-state index in [1.165, 1.54) is 30.6 Å². The van der Waals surface area contributed by atoms with Crippen LogP contribution in [-0.2, 0) is 0 Å². The lowest BCUT2D eigenvalue weighted by atomic mass is 10.1. The van der Waals surface area contributed by atoms with Crippen LogP contribution in [0.2, 0.25) is 0 Å². The van der Waals surface area contributed by atoms with Crippen molar-refractivity contribution in [2.45, 2.75) is 18.9 Å². The third kappa shape index (κ3) is 1.30. The predicted molar refractivity (Wildman–Crippen MR) is 58.3 cm³/mol. The Morgan fingerprint density at radius 3 is 2.86 bits per heavy atom. The van der Waals surface area contributed by atoms with Crippen molar-refractivity contribution in [1.82, 2.24) is 0 Å². The number of nitrogens with two attached hydrogens (primary N) is 1. The topological polar surface area (TPSA) is 29.3 Å². The van der Waals surface area contributed by atoms with Crippen LogP contribution in [0.15, 0.2) is 24.3 Å². The van der Waals surface area contributed by atoms with Crippen LogP contribution in [0.4, 0.5) is 5.69 Å². The van der Waals surface area contributed by atoms with E-state index in [4.69, 9.17) is 5.73 Å². The highest BCUT2D eigenvalue weighted by Crippen LogP contribution is 2.37. The van der Waals surface area contributed by atoms with Gasteiger partial charge in [0.05, 0.1) is 0 Å². The summed E-state index contributed by atoms with van der Waals surface area (Å²) in [7, 11) is 0. The van der Waals surface area contributed by atoms with Crippen LogP contribution in [0.25, 0.3) is 0 Å². The van der Waals surface area contributed by atoms with E-state index >= 15 is 0 Å². The molecule has 0 saturated heterocycles. The third-order valence-corrected chi connectivity index (χ3v) is 3.27. The molecule has 3 rings (SSSR count). The smallest absolute Gasteiger partial charge is 0.0493 e. The highest BCUT2D eigenvalue weighted by atomic mass is 15.2. The van der Waals surface area contributed by atoms with Gasteiger partial charge in [0.1, 0.15) is 0 Å². The molecule has 1 aromatic carbocycles. The number of hydrogen-bond acceptors (Lipinski definition) is 2. The Morgan fingerprint density at radius 2 is 2.07 bits per heavy atom. The monoisotopic (exact) mass is 188 g/mol. The normalized spacial score (nSPS) is 25.2. The van der Waals surface area contributed by atoms with Gasteiger partial charge in [0, 0.05) is 24.8 Å². The number of para-hydroxylation sites is 1. The minimum absolute atomic E-state index is 0.227. The number of benzene rings is 1. The lowest BCUT2D eigenvalue weighted by molar-refractivity contribution is 0.687. The summed E-state index contributed by atoms with van der Waals surface area (Å²) in [5, 5.41) is 0. The molecule has 0 radical (unpaired) electrons. The molecule has 1 atom stereocenters. The Labute approximate surface area is 84.7 Å². The Morgan fingerprint density at radius 1 is 1.29 bits per heavy atom. The molecular formula is C12H16N2. The number of rotatable bonds is 2. The summed E-state index contributed by atoms with van der Waals surface area (Å²) in [5.41, 5.74) is 8.79. The van der Waals surface area contributed by atoms with Gasteiger partial charge in [0.25, 0.3) is 0 Å². The van der Waals surface area contributed by atoms with Gasteiger partial charge in [-0.25, -0.2) is 0 Å². The van der Waals surface area contributed by atoms with Gasteiger partial charge in [-0.15, -0.1) is 0 Å². The van der Waals surface area contributed by atoms with E-state index in [-0.39, 0.29) is 6.04 Å². The summed E-state index contributed by atoms with van der Waals surface area (Å²) in [6.45, 7) is 2.22. The number of fused-ring (bicyclic) bond motifs is 1. The fourth-order valence-corrected chi connectivity index (χ4v) is 2.31. The molecule has 1 aliphatic carbocycles. The average molecular weight is 188 g/mol. The van der Waals surface area contributed by atoms with Gasteiger partial charge in [-0.3, -0.25) is 0 Å². The summed E-state index contributed by atoms with van der Waals surface area (Å²) in [4.78, 5) is 2.46. The lowest BCUT2D eigenvalue weighted by Crippen LogP contribution is -2.26. The second kappa shape index (κ2) is 2.99. The molecule has 1 fully saturated rings. The Hall–Kier alpha value is -1.02. The number of anilines is 1. The molecule has 1 aromatic rings. The summed E-state index contributed by atoms with van der Waals surface area (Å²) in [6, 6.07) is 8.78. The van der Waals surface area contributed by atoms with Crippen molar-refractivity contribution in [3.63, 3.8) is 0 Å². The Balaban J connectivity index is 1.88. The van der Waals surface area contributed by atoms with Gasteiger partial charge in [-0.05, 0) is 30.4 Å². The average Bonchev–Trinajstić information content (AvgIpc) is 2.95. The van der Waals surface area contributed by atoms with E-state index in [9.17, 15) is 0 Å². The number of hydrogen-bond donors (Lipinski definition) is 1. The molecule has 0 spiro atoms. The van der Waals surface area contributed by atoms with Gasteiger partial charge < -0.3 is 10.6 Å². The highest BCUT2D eigenvalue weighted by Gasteiger charge is 2.30. The third-order valence-electron chi connectivity index (χ3n) is 3.27. The maximum Gasteiger partial charge on any atom is 0.0493 e. The maximum atomic E-state index is 6.09. The first-order valence-electron chi connectivity index (χ1n) is 5.44. The van der Waals surface area contributed by atoms with Crippen LogP contribution < -0.4 is 10.6 Å². The van der Waals surface area contributed by atoms with E-state index < -0.39 is 0 Å². The molecule has 14 heavy (non-hydrogen) atoms. The van der Waals surface area contributed by atoms with Gasteiger partial charge in [-0.2, -0.15) is 0 Å². The van der Waals surface area contributed by atoms with Crippen molar-refractivity contribution in [1.29, 1.82) is 0 Å². The molecule has 1 saturated carbocycles. The van der Waals surface area contributed by atoms with Crippen molar-refractivity contribution in [3.8, 4) is 0 Å². The molecule has 2 N–H and O–H groups in total. The van der Waals surface area contributed by atoms with Crippen molar-refractivity contribution >= 4 is 5.69 Å². The second-order valence-electron chi connectivity index (χ2n) is 4.51. The van der Waals surface area contributed by atoms with Gasteiger partial charge in [-0.1, -0.05) is 18.2 Å². The van der Waals surface area contributed by atoms with Crippen LogP contribution >= 0.6 is 0 Å². The zero-order valence-electron chi connectivity index (χ0n) is 8.32. The van der Waals surface area contributed by atoms with Gasteiger partial charge in [0.2, 0.25) is 0 Å². The van der Waals surface area contributed by atoms with Crippen molar-refractivity contribution < 1.29 is 0 Å². The summed E-state index contributed by atoms with van der Waals surface area (Å²) < 4.78 is 0. The quantitative estimate of drug-likeness (QED) is 0.768. The molecule has 0 amide bonds. The van der Waals surface area contributed by atoms with Gasteiger partial charge >= 0.3 is 0 Å². The van der Waals surface area contributed by atoms with E-state index in [2.05, 4.69) is 29.2 Å². The van der Waals surface area contributed by atoms with E-state index in [0.717, 1.165) is 12.5 Å². The van der Waals surface area contributed by atoms with Crippen LogP contribution in [0, 0.1) is 5.92 Å². The first-order valence-corrected chi connectivity index (χ1v) is 5.44. The fraction of sp³-hybridized carbons (Fsp3) is 0.500. The standard InChI is InChI=1S/C12H16N2/c13-11-8-14(7-9-5-6-9)12-4-2-1-3-10(11)12/h1-4,9,11H,5-8,13H2. The van der Waals surface area contributed by atoms with Crippen molar-refractivity contribution in [2.24, 2.45) is 11.7 Å². The Kier molecular flexibility index (Phi) is 1.77. The minimum atomic E-state index is 0.227. The molecule has 1 heterocycles. The zero-order chi connectivity index (χ0) is 9.54. The molecule has 1 unspecified atom stereocenters. The largest absolute Gasteiger partial charge is 0.369 e. The van der Waals surface area contributed by atoms with E-state index in [1.54, 1.807) is 0 Å². The summed E-state index contributed by atoms with van der Waals surface area (Å²) in [6.07, 6.45) is 2.82. The molecule has 1 aliphatic heterocycles. The number of nitrogens with zero attached hydrogens (tertiary/aromatic N) is 1. The molecule has 0 bridgehead atoms. The zero-order valence-corrected chi connectivity index (χ0v) is 8.32. The highest BCUT2D eigenvalue weighted by molar-refractivity contribution is 5.59. The second-order valence-corrected chi connectivity index (χ2v) is 4.51. The van der Waals surface area contributed by atoms with Crippen LogP contribution in [0.3, 0.4) is 0 Å². The first kappa shape index (κ1) is 8.30. The maximum absolute atomic E-state index is 6.09. The van der Waals surface area contributed by atoms with E-state index in [0.29, 0.717) is 0 Å². The summed E-state index contributed by atoms with van der Waals surface area (Å²) in [5.74, 6) is 0.938. The van der Waals surface area contributed by atoms with Crippen LogP contribution in [-0.4, -0.2) is 13.1 Å². The van der Waals surface area contributed by atoms with Gasteiger partial charge in [0.15, 0.2) is 0 Å². The molecule has 74 valence electrons. The lowest BCUT2D eigenvalue weighted by Gasteiger charge is -2.18. The van der Waals surface area contributed by atoms with Crippen LogP contribution in [0.5, 0.6) is 0 Å². The minimum Gasteiger partial charge on any atom is -0.369 e. The van der Waals surface area contributed by atoms with Crippen molar-refractivity contribution in [2.75, 3.05) is 18.0 Å². The first-order chi connectivity index (χ1) is 6.84. The molecule has 2 nitrogen and oxygen atoms in total. The Bertz CT molecular complexity index is 342. The predicted octanol–water partition coefficient (Wildman–Crippen LogP) is 1.92. The molecule has 0 aromatic heterocycles. The van der Waals surface area contributed by atoms with Crippen LogP contribution in [0.1, 0.15) is 24.4 Å². The van der Waals surface area contributed by atoms with E-state index in [1.807, 2.05) is 0 Å². The summed E-state index contributed by atoms with van der Waals surface area (Å²) >= 11 is 0. The van der Waals surface area contributed by atoms with Crippen molar-refractivity contribution in [3.05, 3.63) is 29.8 Å². The SMILES string of the molecule is NC1CN(CC2CC2)c2ccccc21. The molecular weight excluding hydrogens is 172 g/mol. The molecule has 2 aliphatic rings. The molecule has 2 heteroatoms. The fourth-order valence-electron chi connectivity index (χ4n) is 2.31.